The zero-order chi connectivity index (χ0) is 14.7. The molecule has 0 spiro atoms. The molecule has 3 aromatic rings. The fraction of sp³-hybridized carbons (Fsp3) is 0.294. The van der Waals surface area contributed by atoms with Crippen molar-refractivity contribution in [1.29, 1.82) is 0 Å². The highest BCUT2D eigenvalue weighted by Gasteiger charge is 1.99. The summed E-state index contributed by atoms with van der Waals surface area (Å²) in [6.45, 7) is 6.74. The fourth-order valence-electron chi connectivity index (χ4n) is 2.40. The van der Waals surface area contributed by atoms with E-state index in [0.29, 0.717) is 0 Å². The largest absolute Gasteiger partial charge is 0.311 e. The lowest BCUT2D eigenvalue weighted by molar-refractivity contribution is 0.555. The molecule has 0 aliphatic carbocycles. The summed E-state index contributed by atoms with van der Waals surface area (Å²) in [4.78, 5) is 4.52. The normalized spacial score (nSPS) is 11.1. The number of nitrogens with zero attached hydrogens (tertiary/aromatic N) is 3. The third kappa shape index (κ3) is 3.47. The van der Waals surface area contributed by atoms with Crippen LogP contribution in [-0.4, -0.2) is 21.3 Å². The van der Waals surface area contributed by atoms with Gasteiger partial charge < -0.3 is 5.32 Å². The van der Waals surface area contributed by atoms with Gasteiger partial charge in [-0.25, -0.2) is 0 Å². The van der Waals surface area contributed by atoms with Crippen LogP contribution in [0.3, 0.4) is 0 Å². The predicted molar refractivity (Wildman–Crippen MR) is 85.2 cm³/mol. The van der Waals surface area contributed by atoms with Gasteiger partial charge in [-0.3, -0.25) is 9.67 Å². The van der Waals surface area contributed by atoms with Crippen molar-refractivity contribution < 1.29 is 0 Å². The maximum Gasteiger partial charge on any atom is 0.0705 e. The lowest BCUT2D eigenvalue weighted by atomic mass is 10.1. The number of fused-ring (bicyclic) bond motifs is 1. The predicted octanol–water partition coefficient (Wildman–Crippen LogP) is 2.84. The molecule has 0 saturated carbocycles. The Morgan fingerprint density at radius 3 is 2.86 bits per heavy atom. The van der Waals surface area contributed by atoms with E-state index in [1.54, 1.807) is 0 Å². The SMILES string of the molecule is Cc1cnn(CCNCc2ccc3nc(C)ccc3c2)c1. The van der Waals surface area contributed by atoms with Crippen molar-refractivity contribution >= 4 is 10.9 Å². The Morgan fingerprint density at radius 1 is 1.14 bits per heavy atom. The third-order valence-corrected chi connectivity index (χ3v) is 3.50. The minimum absolute atomic E-state index is 0.865. The second-order valence-corrected chi connectivity index (χ2v) is 5.44. The first-order valence-corrected chi connectivity index (χ1v) is 7.27. The Kier molecular flexibility index (Phi) is 3.97. The molecule has 0 fully saturated rings. The minimum atomic E-state index is 0.865. The van der Waals surface area contributed by atoms with Gasteiger partial charge in [0.1, 0.15) is 0 Å². The van der Waals surface area contributed by atoms with Crippen molar-refractivity contribution in [3.8, 4) is 0 Å². The molecule has 0 amide bonds. The van der Waals surface area contributed by atoms with Crippen molar-refractivity contribution in [2.75, 3.05) is 6.54 Å². The molecule has 2 aromatic heterocycles. The summed E-state index contributed by atoms with van der Waals surface area (Å²) in [6, 6.07) is 10.6. The average Bonchev–Trinajstić information content (AvgIpc) is 2.89. The highest BCUT2D eigenvalue weighted by molar-refractivity contribution is 5.79. The van der Waals surface area contributed by atoms with Crippen LogP contribution in [0.15, 0.2) is 42.7 Å². The van der Waals surface area contributed by atoms with Crippen LogP contribution >= 0.6 is 0 Å². The summed E-state index contributed by atoms with van der Waals surface area (Å²) in [6.07, 6.45) is 3.95. The highest BCUT2D eigenvalue weighted by atomic mass is 15.3. The maximum atomic E-state index is 4.52. The molecule has 1 N–H and O–H groups in total. The van der Waals surface area contributed by atoms with Gasteiger partial charge in [-0.15, -0.1) is 0 Å². The van der Waals surface area contributed by atoms with Crippen LogP contribution in [0.5, 0.6) is 0 Å². The van der Waals surface area contributed by atoms with Gasteiger partial charge in [0.2, 0.25) is 0 Å². The molecule has 1 aromatic carbocycles. The van der Waals surface area contributed by atoms with E-state index >= 15 is 0 Å². The second-order valence-electron chi connectivity index (χ2n) is 5.44. The number of nitrogens with one attached hydrogen (secondary N) is 1. The van der Waals surface area contributed by atoms with Crippen LogP contribution in [0.4, 0.5) is 0 Å². The van der Waals surface area contributed by atoms with E-state index in [2.05, 4.69) is 58.9 Å². The molecule has 4 nitrogen and oxygen atoms in total. The summed E-state index contributed by atoms with van der Waals surface area (Å²) in [5.74, 6) is 0. The van der Waals surface area contributed by atoms with Gasteiger partial charge in [-0.05, 0) is 43.2 Å². The molecule has 0 aliphatic heterocycles. The summed E-state index contributed by atoms with van der Waals surface area (Å²) < 4.78 is 1.97. The zero-order valence-electron chi connectivity index (χ0n) is 12.5. The Labute approximate surface area is 124 Å². The molecule has 0 unspecified atom stereocenters. The number of hydrogen-bond acceptors (Lipinski definition) is 3. The van der Waals surface area contributed by atoms with E-state index in [-0.39, 0.29) is 0 Å². The van der Waals surface area contributed by atoms with E-state index < -0.39 is 0 Å². The quantitative estimate of drug-likeness (QED) is 0.731. The topological polar surface area (TPSA) is 42.7 Å². The first-order chi connectivity index (χ1) is 10.2. The van der Waals surface area contributed by atoms with Gasteiger partial charge in [0.05, 0.1) is 18.3 Å². The Hall–Kier alpha value is -2.20. The van der Waals surface area contributed by atoms with Gasteiger partial charge >= 0.3 is 0 Å². The zero-order valence-corrected chi connectivity index (χ0v) is 12.5. The number of benzene rings is 1. The molecular weight excluding hydrogens is 260 g/mol. The van der Waals surface area contributed by atoms with Crippen molar-refractivity contribution in [1.82, 2.24) is 20.1 Å². The smallest absolute Gasteiger partial charge is 0.0705 e. The standard InChI is InChI=1S/C17H20N4/c1-13-10-19-21(12-13)8-7-18-11-15-4-6-17-16(9-15)5-3-14(2)20-17/h3-6,9-10,12,18H,7-8,11H2,1-2H3. The second kappa shape index (κ2) is 6.06. The van der Waals surface area contributed by atoms with Gasteiger partial charge in [0.15, 0.2) is 0 Å². The molecule has 0 radical (unpaired) electrons. The lowest BCUT2D eigenvalue weighted by Gasteiger charge is -2.07. The van der Waals surface area contributed by atoms with E-state index in [4.69, 9.17) is 0 Å². The number of rotatable bonds is 5. The van der Waals surface area contributed by atoms with Crippen LogP contribution in [0.1, 0.15) is 16.8 Å². The fourth-order valence-corrected chi connectivity index (χ4v) is 2.40. The van der Waals surface area contributed by atoms with Crippen LogP contribution in [0.25, 0.3) is 10.9 Å². The highest BCUT2D eigenvalue weighted by Crippen LogP contribution is 2.14. The van der Waals surface area contributed by atoms with Gasteiger partial charge in [0.25, 0.3) is 0 Å². The van der Waals surface area contributed by atoms with Gasteiger partial charge in [0, 0.05) is 30.4 Å². The number of aryl methyl sites for hydroxylation is 2. The van der Waals surface area contributed by atoms with Crippen molar-refractivity contribution in [2.24, 2.45) is 0 Å². The number of hydrogen-bond donors (Lipinski definition) is 1. The average molecular weight is 280 g/mol. The number of pyridine rings is 1. The molecule has 0 saturated heterocycles. The molecule has 3 rings (SSSR count). The third-order valence-electron chi connectivity index (χ3n) is 3.50. The molecule has 0 bridgehead atoms. The Morgan fingerprint density at radius 2 is 2.05 bits per heavy atom. The first kappa shape index (κ1) is 13.8. The van der Waals surface area contributed by atoms with Crippen LogP contribution in [-0.2, 0) is 13.1 Å². The van der Waals surface area contributed by atoms with E-state index in [1.807, 2.05) is 17.8 Å². The maximum absolute atomic E-state index is 4.52. The summed E-state index contributed by atoms with van der Waals surface area (Å²) in [5, 5.41) is 8.93. The summed E-state index contributed by atoms with van der Waals surface area (Å²) >= 11 is 0. The van der Waals surface area contributed by atoms with Crippen molar-refractivity contribution in [2.45, 2.75) is 26.9 Å². The first-order valence-electron chi connectivity index (χ1n) is 7.27. The Bertz CT molecular complexity index is 745. The minimum Gasteiger partial charge on any atom is -0.311 e. The van der Waals surface area contributed by atoms with E-state index in [0.717, 1.165) is 30.8 Å². The van der Waals surface area contributed by atoms with E-state index in [9.17, 15) is 0 Å². The molecule has 2 heterocycles. The molecule has 21 heavy (non-hydrogen) atoms. The van der Waals surface area contributed by atoms with E-state index in [1.165, 1.54) is 16.5 Å². The van der Waals surface area contributed by atoms with Crippen LogP contribution < -0.4 is 5.32 Å². The molecule has 0 atom stereocenters. The molecule has 108 valence electrons. The molecule has 0 aliphatic rings. The van der Waals surface area contributed by atoms with Crippen molar-refractivity contribution in [3.05, 3.63) is 59.5 Å². The summed E-state index contributed by atoms with van der Waals surface area (Å²) in [5.41, 5.74) is 4.60. The van der Waals surface area contributed by atoms with Gasteiger partial charge in [-0.2, -0.15) is 5.10 Å². The lowest BCUT2D eigenvalue weighted by Crippen LogP contribution is -2.19. The van der Waals surface area contributed by atoms with Crippen molar-refractivity contribution in [3.63, 3.8) is 0 Å². The summed E-state index contributed by atoms with van der Waals surface area (Å²) in [7, 11) is 0. The number of aromatic nitrogens is 3. The monoisotopic (exact) mass is 280 g/mol. The molecular formula is C17H20N4. The van der Waals surface area contributed by atoms with Crippen LogP contribution in [0.2, 0.25) is 0 Å². The Balaban J connectivity index is 1.56. The van der Waals surface area contributed by atoms with Crippen LogP contribution in [0, 0.1) is 13.8 Å². The molecule has 4 heteroatoms. The van der Waals surface area contributed by atoms with Gasteiger partial charge in [-0.1, -0.05) is 12.1 Å².